The van der Waals surface area contributed by atoms with Crippen molar-refractivity contribution in [3.8, 4) is 6.07 Å². The molecule has 2 aromatic carbocycles. The van der Waals surface area contributed by atoms with Crippen LogP contribution >= 0.6 is 0 Å². The predicted molar refractivity (Wildman–Crippen MR) is 87.1 cm³/mol. The first-order valence-corrected chi connectivity index (χ1v) is 8.67. The second kappa shape index (κ2) is 7.88. The number of sulfonamides is 1. The van der Waals surface area contributed by atoms with Gasteiger partial charge in [0.2, 0.25) is 10.0 Å². The topological polar surface area (TPSA) is 81.4 Å². The third-order valence-corrected chi connectivity index (χ3v) is 5.34. The molecule has 0 saturated carbocycles. The number of hydrogen-bond acceptors (Lipinski definition) is 4. The maximum atomic E-state index is 12.7. The first kappa shape index (κ1) is 17.2. The van der Waals surface area contributed by atoms with Gasteiger partial charge in [0, 0.05) is 13.1 Å². The van der Waals surface area contributed by atoms with Crippen molar-refractivity contribution < 1.29 is 13.5 Å². The second-order valence-corrected chi connectivity index (χ2v) is 6.94. The summed E-state index contributed by atoms with van der Waals surface area (Å²) in [6.45, 7) is 0.0294. The molecular weight excluding hydrogens is 312 g/mol. The van der Waals surface area contributed by atoms with Crippen LogP contribution in [0.25, 0.3) is 0 Å². The van der Waals surface area contributed by atoms with E-state index in [0.717, 1.165) is 5.56 Å². The summed E-state index contributed by atoms with van der Waals surface area (Å²) in [5, 5.41) is 18.1. The van der Waals surface area contributed by atoms with Crippen molar-refractivity contribution in [1.82, 2.24) is 4.31 Å². The summed E-state index contributed by atoms with van der Waals surface area (Å²) in [5.74, 6) is 0. The van der Waals surface area contributed by atoms with Crippen LogP contribution in [0.4, 0.5) is 0 Å². The van der Waals surface area contributed by atoms with Gasteiger partial charge in [-0.2, -0.15) is 9.57 Å². The van der Waals surface area contributed by atoms with Crippen molar-refractivity contribution in [2.45, 2.75) is 11.3 Å². The highest BCUT2D eigenvalue weighted by Gasteiger charge is 2.24. The first-order valence-electron chi connectivity index (χ1n) is 7.23. The molecule has 0 fully saturated rings. The van der Waals surface area contributed by atoms with E-state index in [1.807, 2.05) is 36.4 Å². The summed E-state index contributed by atoms with van der Waals surface area (Å²) in [6, 6.07) is 17.4. The van der Waals surface area contributed by atoms with Crippen molar-refractivity contribution in [3.05, 3.63) is 65.7 Å². The van der Waals surface area contributed by atoms with Crippen molar-refractivity contribution in [1.29, 1.82) is 5.26 Å². The van der Waals surface area contributed by atoms with Gasteiger partial charge in [-0.15, -0.1) is 0 Å². The largest absolute Gasteiger partial charge is 0.395 e. The summed E-state index contributed by atoms with van der Waals surface area (Å²) in [6.07, 6.45) is 0.554. The number of rotatable bonds is 7. The molecule has 2 aromatic rings. The van der Waals surface area contributed by atoms with Crippen LogP contribution in [0.3, 0.4) is 0 Å². The molecule has 5 nitrogen and oxygen atoms in total. The van der Waals surface area contributed by atoms with Gasteiger partial charge in [-0.1, -0.05) is 36.4 Å². The van der Waals surface area contributed by atoms with Gasteiger partial charge in [-0.05, 0) is 30.2 Å². The van der Waals surface area contributed by atoms with Gasteiger partial charge in [-0.3, -0.25) is 0 Å². The predicted octanol–water partition coefficient (Wildman–Crippen LogP) is 1.78. The van der Waals surface area contributed by atoms with Crippen molar-refractivity contribution in [3.63, 3.8) is 0 Å². The number of hydrogen-bond donors (Lipinski definition) is 1. The molecule has 0 spiro atoms. The standard InChI is InChI=1S/C17H18N2O3S/c18-14-16-7-4-8-17(13-16)23(21,22)19(11-12-20)10-9-15-5-2-1-3-6-15/h1-8,13,20H,9-12H2. The van der Waals surface area contributed by atoms with Gasteiger partial charge in [0.05, 0.1) is 23.1 Å². The summed E-state index contributed by atoms with van der Waals surface area (Å²) in [7, 11) is -3.74. The van der Waals surface area contributed by atoms with E-state index in [1.165, 1.54) is 16.4 Å². The molecule has 0 unspecified atom stereocenters. The molecule has 2 rings (SSSR count). The van der Waals surface area contributed by atoms with Gasteiger partial charge in [-0.25, -0.2) is 8.42 Å². The fourth-order valence-corrected chi connectivity index (χ4v) is 3.72. The highest BCUT2D eigenvalue weighted by molar-refractivity contribution is 7.89. The van der Waals surface area contributed by atoms with E-state index in [1.54, 1.807) is 12.1 Å². The number of aliphatic hydroxyl groups is 1. The zero-order valence-corrected chi connectivity index (χ0v) is 13.4. The molecule has 1 N–H and O–H groups in total. The maximum Gasteiger partial charge on any atom is 0.243 e. The van der Waals surface area contributed by atoms with Crippen molar-refractivity contribution >= 4 is 10.0 Å². The smallest absolute Gasteiger partial charge is 0.243 e. The monoisotopic (exact) mass is 330 g/mol. The summed E-state index contributed by atoms with van der Waals surface area (Å²) in [5.41, 5.74) is 1.31. The van der Waals surface area contributed by atoms with E-state index in [-0.39, 0.29) is 30.2 Å². The lowest BCUT2D eigenvalue weighted by atomic mass is 10.1. The van der Waals surface area contributed by atoms with Crippen LogP contribution in [0.1, 0.15) is 11.1 Å². The Kier molecular flexibility index (Phi) is 5.88. The normalized spacial score (nSPS) is 11.3. The third-order valence-electron chi connectivity index (χ3n) is 3.44. The van der Waals surface area contributed by atoms with Crippen LogP contribution in [-0.4, -0.2) is 37.5 Å². The van der Waals surface area contributed by atoms with Gasteiger partial charge >= 0.3 is 0 Å². The maximum absolute atomic E-state index is 12.7. The van der Waals surface area contributed by atoms with Crippen LogP contribution in [0.5, 0.6) is 0 Å². The van der Waals surface area contributed by atoms with Crippen LogP contribution in [0.2, 0.25) is 0 Å². The average Bonchev–Trinajstić information content (AvgIpc) is 2.59. The lowest BCUT2D eigenvalue weighted by Crippen LogP contribution is -2.35. The Hall–Kier alpha value is -2.20. The van der Waals surface area contributed by atoms with Crippen LogP contribution in [0, 0.1) is 11.3 Å². The zero-order chi connectivity index (χ0) is 16.7. The van der Waals surface area contributed by atoms with Gasteiger partial charge in [0.25, 0.3) is 0 Å². The molecule has 120 valence electrons. The minimum atomic E-state index is -3.74. The van der Waals surface area contributed by atoms with Crippen LogP contribution < -0.4 is 0 Å². The van der Waals surface area contributed by atoms with Gasteiger partial charge < -0.3 is 5.11 Å². The molecule has 23 heavy (non-hydrogen) atoms. The Balaban J connectivity index is 2.22. The van der Waals surface area contributed by atoms with E-state index in [0.29, 0.717) is 6.42 Å². The van der Waals surface area contributed by atoms with Crippen molar-refractivity contribution in [2.24, 2.45) is 0 Å². The highest BCUT2D eigenvalue weighted by Crippen LogP contribution is 2.17. The van der Waals surface area contributed by atoms with Crippen LogP contribution in [-0.2, 0) is 16.4 Å². The number of benzene rings is 2. The first-order chi connectivity index (χ1) is 11.1. The molecular formula is C17H18N2O3S. The molecule has 0 radical (unpaired) electrons. The molecule has 0 aliphatic heterocycles. The lowest BCUT2D eigenvalue weighted by molar-refractivity contribution is 0.254. The van der Waals surface area contributed by atoms with E-state index < -0.39 is 10.0 Å². The van der Waals surface area contributed by atoms with E-state index in [2.05, 4.69) is 0 Å². The van der Waals surface area contributed by atoms with E-state index >= 15 is 0 Å². The lowest BCUT2D eigenvalue weighted by Gasteiger charge is -2.21. The molecule has 0 atom stereocenters. The molecule has 0 heterocycles. The molecule has 0 saturated heterocycles. The number of nitrogens with zero attached hydrogens (tertiary/aromatic N) is 2. The minimum Gasteiger partial charge on any atom is -0.395 e. The Morgan fingerprint density at radius 3 is 2.43 bits per heavy atom. The Morgan fingerprint density at radius 2 is 1.78 bits per heavy atom. The SMILES string of the molecule is N#Cc1cccc(S(=O)(=O)N(CCO)CCc2ccccc2)c1. The average molecular weight is 330 g/mol. The highest BCUT2D eigenvalue weighted by atomic mass is 32.2. The van der Waals surface area contributed by atoms with E-state index in [9.17, 15) is 13.5 Å². The molecule has 0 aliphatic rings. The molecule has 0 bridgehead atoms. The fourth-order valence-electron chi connectivity index (χ4n) is 2.24. The Bertz CT molecular complexity index is 783. The third kappa shape index (κ3) is 4.39. The van der Waals surface area contributed by atoms with Crippen molar-refractivity contribution in [2.75, 3.05) is 19.7 Å². The summed E-state index contributed by atoms with van der Waals surface area (Å²) >= 11 is 0. The quantitative estimate of drug-likeness (QED) is 0.839. The van der Waals surface area contributed by atoms with Gasteiger partial charge in [0.15, 0.2) is 0 Å². The summed E-state index contributed by atoms with van der Waals surface area (Å²) < 4.78 is 26.7. The van der Waals surface area contributed by atoms with Gasteiger partial charge in [0.1, 0.15) is 0 Å². The van der Waals surface area contributed by atoms with Crippen LogP contribution in [0.15, 0.2) is 59.5 Å². The number of aliphatic hydroxyl groups excluding tert-OH is 1. The van der Waals surface area contributed by atoms with E-state index in [4.69, 9.17) is 5.26 Å². The second-order valence-electron chi connectivity index (χ2n) is 5.00. The molecule has 0 amide bonds. The molecule has 0 aromatic heterocycles. The molecule has 0 aliphatic carbocycles. The molecule has 6 heteroatoms. The Labute approximate surface area is 136 Å². The Morgan fingerprint density at radius 1 is 1.04 bits per heavy atom. The minimum absolute atomic E-state index is 0.0198. The number of nitriles is 1. The fraction of sp³-hybridized carbons (Fsp3) is 0.235. The summed E-state index contributed by atoms with van der Waals surface area (Å²) in [4.78, 5) is 0.0676. The zero-order valence-electron chi connectivity index (χ0n) is 12.6.